The molecule has 1 N–H and O–H groups in total. The number of rotatable bonds is 4. The highest BCUT2D eigenvalue weighted by Gasteiger charge is 2.43. The first-order valence-electron chi connectivity index (χ1n) is 9.49. The topological polar surface area (TPSA) is 83.0 Å². The van der Waals surface area contributed by atoms with Crippen molar-refractivity contribution in [2.75, 3.05) is 4.90 Å². The van der Waals surface area contributed by atoms with Crippen LogP contribution < -0.4 is 9.64 Å². The molecule has 0 aliphatic carbocycles. The first kappa shape index (κ1) is 22.4. The third kappa shape index (κ3) is 5.07. The minimum atomic E-state index is -4.80. The highest BCUT2D eigenvalue weighted by Crippen LogP contribution is 2.33. The van der Waals surface area contributed by atoms with Crippen LogP contribution in [0.5, 0.6) is 5.75 Å². The van der Waals surface area contributed by atoms with E-state index in [-0.39, 0.29) is 18.7 Å². The van der Waals surface area contributed by atoms with Gasteiger partial charge in [0.1, 0.15) is 11.8 Å². The Morgan fingerprint density at radius 1 is 1.23 bits per heavy atom. The third-order valence-corrected chi connectivity index (χ3v) is 4.83. The molecule has 0 saturated heterocycles. The summed E-state index contributed by atoms with van der Waals surface area (Å²) in [6.07, 6.45) is -4.32. The standard InChI is InChI=1S/C21H22F3N3O4/c1-20(2,3)27(19(29)30)17-11-15-16(5-4-10-25-15)26(18(17)28)12-13-6-8-14(9-7-13)31-21(22,23)24/h4-10,17H,11-12H2,1-3H3,(H,29,30). The summed E-state index contributed by atoms with van der Waals surface area (Å²) < 4.78 is 41.0. The highest BCUT2D eigenvalue weighted by molar-refractivity contribution is 6.01. The van der Waals surface area contributed by atoms with Gasteiger partial charge in [0.05, 0.1) is 17.9 Å². The zero-order valence-corrected chi connectivity index (χ0v) is 17.2. The predicted molar refractivity (Wildman–Crippen MR) is 106 cm³/mol. The molecule has 0 fully saturated rings. The molecule has 10 heteroatoms. The van der Waals surface area contributed by atoms with Crippen LogP contribution in [0.25, 0.3) is 0 Å². The van der Waals surface area contributed by atoms with Crippen molar-refractivity contribution < 1.29 is 32.6 Å². The number of hydrogen-bond acceptors (Lipinski definition) is 4. The maximum atomic E-state index is 13.4. The molecule has 1 aliphatic rings. The number of carbonyl (C=O) groups is 2. The van der Waals surface area contributed by atoms with E-state index in [1.807, 2.05) is 0 Å². The molecular formula is C21H22F3N3O4. The number of hydrogen-bond donors (Lipinski definition) is 1. The first-order chi connectivity index (χ1) is 14.4. The summed E-state index contributed by atoms with van der Waals surface area (Å²) in [5.41, 5.74) is 0.829. The lowest BCUT2D eigenvalue weighted by atomic mass is 9.95. The van der Waals surface area contributed by atoms with E-state index in [1.165, 1.54) is 17.0 Å². The van der Waals surface area contributed by atoms with Crippen LogP contribution in [0.1, 0.15) is 32.0 Å². The second-order valence-corrected chi connectivity index (χ2v) is 8.13. The number of ether oxygens (including phenoxy) is 1. The Balaban J connectivity index is 1.93. The van der Waals surface area contributed by atoms with E-state index in [0.29, 0.717) is 16.9 Å². The average Bonchev–Trinajstić information content (AvgIpc) is 2.64. The van der Waals surface area contributed by atoms with Crippen molar-refractivity contribution in [3.05, 3.63) is 53.9 Å². The zero-order chi connectivity index (χ0) is 23.0. The molecule has 0 radical (unpaired) electrons. The van der Waals surface area contributed by atoms with Crippen molar-refractivity contribution in [1.29, 1.82) is 0 Å². The van der Waals surface area contributed by atoms with E-state index in [0.717, 1.165) is 17.0 Å². The SMILES string of the molecule is CC(C)(C)N(C(=O)O)C1Cc2ncccc2N(Cc2ccc(OC(F)(F)F)cc2)C1=O. The van der Waals surface area contributed by atoms with Crippen LogP contribution in [-0.2, 0) is 17.8 Å². The largest absolute Gasteiger partial charge is 0.573 e. The van der Waals surface area contributed by atoms with Gasteiger partial charge in [-0.1, -0.05) is 12.1 Å². The van der Waals surface area contributed by atoms with Gasteiger partial charge in [0.25, 0.3) is 5.91 Å². The Kier molecular flexibility index (Phi) is 5.84. The van der Waals surface area contributed by atoms with E-state index in [2.05, 4.69) is 9.72 Å². The monoisotopic (exact) mass is 437 g/mol. The van der Waals surface area contributed by atoms with E-state index in [9.17, 15) is 27.9 Å². The maximum Gasteiger partial charge on any atom is 0.573 e. The summed E-state index contributed by atoms with van der Waals surface area (Å²) in [6, 6.07) is 7.57. The van der Waals surface area contributed by atoms with Crippen molar-refractivity contribution >= 4 is 17.7 Å². The number of halogens is 3. The van der Waals surface area contributed by atoms with Crippen molar-refractivity contribution in [2.45, 2.75) is 51.7 Å². The van der Waals surface area contributed by atoms with E-state index >= 15 is 0 Å². The molecule has 166 valence electrons. The van der Waals surface area contributed by atoms with Gasteiger partial charge in [0.15, 0.2) is 0 Å². The lowest BCUT2D eigenvalue weighted by molar-refractivity contribution is -0.274. The molecule has 1 aromatic heterocycles. The molecule has 1 unspecified atom stereocenters. The summed E-state index contributed by atoms with van der Waals surface area (Å²) in [5, 5.41) is 9.76. The van der Waals surface area contributed by atoms with Crippen molar-refractivity contribution in [2.24, 2.45) is 0 Å². The Hall–Kier alpha value is -3.30. The Bertz CT molecular complexity index is 971. The van der Waals surface area contributed by atoms with E-state index in [1.54, 1.807) is 39.1 Å². The van der Waals surface area contributed by atoms with E-state index < -0.39 is 29.9 Å². The van der Waals surface area contributed by atoms with Crippen molar-refractivity contribution in [1.82, 2.24) is 9.88 Å². The van der Waals surface area contributed by atoms with E-state index in [4.69, 9.17) is 0 Å². The molecule has 1 atom stereocenters. The second-order valence-electron chi connectivity index (χ2n) is 8.13. The van der Waals surface area contributed by atoms with Gasteiger partial charge in [-0.2, -0.15) is 0 Å². The molecule has 0 spiro atoms. The van der Waals surface area contributed by atoms with Gasteiger partial charge >= 0.3 is 12.5 Å². The summed E-state index contributed by atoms with van der Waals surface area (Å²) in [5.74, 6) is -0.792. The smallest absolute Gasteiger partial charge is 0.465 e. The highest BCUT2D eigenvalue weighted by atomic mass is 19.4. The molecule has 31 heavy (non-hydrogen) atoms. The van der Waals surface area contributed by atoms with Gasteiger partial charge in [0.2, 0.25) is 0 Å². The number of pyridine rings is 1. The fraction of sp³-hybridized carbons (Fsp3) is 0.381. The summed E-state index contributed by atoms with van der Waals surface area (Å²) in [7, 11) is 0. The number of carbonyl (C=O) groups excluding carboxylic acids is 1. The van der Waals surface area contributed by atoms with Gasteiger partial charge in [-0.3, -0.25) is 14.7 Å². The number of fused-ring (bicyclic) bond motifs is 1. The van der Waals surface area contributed by atoms with Gasteiger partial charge in [-0.05, 0) is 50.6 Å². The molecule has 7 nitrogen and oxygen atoms in total. The molecule has 1 aromatic carbocycles. The second kappa shape index (κ2) is 8.09. The number of benzene rings is 1. The molecular weight excluding hydrogens is 415 g/mol. The minimum Gasteiger partial charge on any atom is -0.465 e. The molecule has 0 saturated carbocycles. The van der Waals surface area contributed by atoms with Crippen LogP contribution in [0.2, 0.25) is 0 Å². The molecule has 2 amide bonds. The number of anilines is 1. The predicted octanol–water partition coefficient (Wildman–Crippen LogP) is 4.22. The Labute approximate surface area is 177 Å². The number of nitrogens with zero attached hydrogens (tertiary/aromatic N) is 3. The Morgan fingerprint density at radius 2 is 1.87 bits per heavy atom. The number of carboxylic acid groups (broad SMARTS) is 1. The van der Waals surface area contributed by atoms with Crippen LogP contribution in [0, 0.1) is 0 Å². The molecule has 0 bridgehead atoms. The first-order valence-corrected chi connectivity index (χ1v) is 9.49. The number of alkyl halides is 3. The minimum absolute atomic E-state index is 0.0396. The third-order valence-electron chi connectivity index (χ3n) is 4.83. The lowest BCUT2D eigenvalue weighted by Gasteiger charge is -2.43. The summed E-state index contributed by atoms with van der Waals surface area (Å²) >= 11 is 0. The maximum absolute atomic E-state index is 13.4. The molecule has 2 heterocycles. The van der Waals surface area contributed by atoms with Crippen LogP contribution in [0.15, 0.2) is 42.6 Å². The summed E-state index contributed by atoms with van der Waals surface area (Å²) in [6.45, 7) is 5.14. The van der Waals surface area contributed by atoms with Gasteiger partial charge in [-0.15, -0.1) is 13.2 Å². The average molecular weight is 437 g/mol. The number of amides is 2. The van der Waals surface area contributed by atoms with Crippen LogP contribution in [-0.4, -0.2) is 44.9 Å². The van der Waals surface area contributed by atoms with Crippen molar-refractivity contribution in [3.8, 4) is 5.75 Å². The lowest BCUT2D eigenvalue weighted by Crippen LogP contribution is -2.60. The fourth-order valence-electron chi connectivity index (χ4n) is 3.63. The molecule has 2 aromatic rings. The summed E-state index contributed by atoms with van der Waals surface area (Å²) in [4.78, 5) is 32.1. The zero-order valence-electron chi connectivity index (χ0n) is 17.2. The van der Waals surface area contributed by atoms with Crippen molar-refractivity contribution in [3.63, 3.8) is 0 Å². The molecule has 1 aliphatic heterocycles. The molecule has 3 rings (SSSR count). The fourth-order valence-corrected chi connectivity index (χ4v) is 3.63. The van der Waals surface area contributed by atoms with Crippen LogP contribution >= 0.6 is 0 Å². The normalized spacial score (nSPS) is 16.6. The van der Waals surface area contributed by atoms with Crippen LogP contribution in [0.4, 0.5) is 23.7 Å². The quantitative estimate of drug-likeness (QED) is 0.775. The van der Waals surface area contributed by atoms with Gasteiger partial charge in [0, 0.05) is 18.2 Å². The van der Waals surface area contributed by atoms with Gasteiger partial charge in [-0.25, -0.2) is 4.79 Å². The Morgan fingerprint density at radius 3 is 2.42 bits per heavy atom. The number of aromatic nitrogens is 1. The van der Waals surface area contributed by atoms with Gasteiger partial charge < -0.3 is 14.7 Å². The van der Waals surface area contributed by atoms with Crippen LogP contribution in [0.3, 0.4) is 0 Å².